The summed E-state index contributed by atoms with van der Waals surface area (Å²) in [6.07, 6.45) is 3.03. The van der Waals surface area contributed by atoms with Crippen molar-refractivity contribution in [1.82, 2.24) is 34.1 Å². The molecule has 3 amide bonds. The van der Waals surface area contributed by atoms with Crippen molar-refractivity contribution in [2.24, 2.45) is 13.0 Å². The van der Waals surface area contributed by atoms with Gasteiger partial charge in [-0.05, 0) is 100 Å². The van der Waals surface area contributed by atoms with Crippen molar-refractivity contribution < 1.29 is 36.7 Å². The molecule has 3 aliphatic rings. The third kappa shape index (κ3) is 7.40. The Labute approximate surface area is 324 Å². The quantitative estimate of drug-likeness (QED) is 0.142. The number of hydrogen-bond donors (Lipinski definition) is 2. The average molecular weight is 791 g/mol. The van der Waals surface area contributed by atoms with Crippen LogP contribution in [-0.4, -0.2) is 73.3 Å². The highest BCUT2D eigenvalue weighted by Gasteiger charge is 2.35. The summed E-state index contributed by atoms with van der Waals surface area (Å²) in [7, 11) is 3.34. The number of alkyl halides is 3. The van der Waals surface area contributed by atoms with Crippen LogP contribution in [0.15, 0.2) is 53.5 Å². The summed E-state index contributed by atoms with van der Waals surface area (Å²) in [5, 5.41) is 9.93. The second kappa shape index (κ2) is 15.1. The van der Waals surface area contributed by atoms with Crippen molar-refractivity contribution in [2.75, 3.05) is 32.1 Å². The van der Waals surface area contributed by atoms with E-state index in [0.717, 1.165) is 87.4 Å². The molecule has 2 N–H and O–H groups in total. The van der Waals surface area contributed by atoms with Gasteiger partial charge in [0.05, 0.1) is 35.4 Å². The van der Waals surface area contributed by atoms with E-state index in [1.54, 1.807) is 18.7 Å². The number of rotatable bonds is 8. The summed E-state index contributed by atoms with van der Waals surface area (Å²) in [5.74, 6) is -1.18. The molecule has 0 radical (unpaired) electrons. The number of ether oxygens (including phenoxy) is 1. The first-order valence-electron chi connectivity index (χ1n) is 19.2. The summed E-state index contributed by atoms with van der Waals surface area (Å²) in [6.45, 7) is 2.72. The minimum absolute atomic E-state index is 0.113. The number of amides is 3. The van der Waals surface area contributed by atoms with E-state index in [2.05, 4.69) is 25.6 Å². The third-order valence-electron chi connectivity index (χ3n) is 11.8. The van der Waals surface area contributed by atoms with Crippen LogP contribution in [0.1, 0.15) is 91.1 Å². The Hall–Kier alpha value is -5.58. The number of benzene rings is 2. The van der Waals surface area contributed by atoms with Crippen LogP contribution in [0.25, 0.3) is 21.9 Å². The second-order valence-electron chi connectivity index (χ2n) is 15.3. The van der Waals surface area contributed by atoms with E-state index in [-0.39, 0.29) is 42.1 Å². The SMILES string of the molecule is COc1ccc2c(c1C1CCN(CC3CCC(n4cc5cc(NC(=O)c6cccc(C(F)(F)F)n6)c(F)cc5n4)CC3)CC1)n(C)c(=O)n2C1CCC(=O)NC1=O. The predicted octanol–water partition coefficient (Wildman–Crippen LogP) is 6.09. The number of halogens is 4. The zero-order chi connectivity index (χ0) is 40.2. The van der Waals surface area contributed by atoms with Crippen molar-refractivity contribution in [3.05, 3.63) is 81.9 Å². The first-order chi connectivity index (χ1) is 27.3. The highest BCUT2D eigenvalue weighted by atomic mass is 19.4. The highest BCUT2D eigenvalue weighted by Crippen LogP contribution is 2.41. The van der Waals surface area contributed by atoms with E-state index in [1.165, 1.54) is 16.7 Å². The minimum Gasteiger partial charge on any atom is -0.496 e. The topological polar surface area (TPSA) is 145 Å². The lowest BCUT2D eigenvalue weighted by Gasteiger charge is -2.37. The molecule has 2 aromatic carbocycles. The van der Waals surface area contributed by atoms with Gasteiger partial charge >= 0.3 is 11.9 Å². The molecule has 5 heterocycles. The molecular formula is C40H42F4N8O5. The summed E-state index contributed by atoms with van der Waals surface area (Å²) >= 11 is 0. The van der Waals surface area contributed by atoms with Gasteiger partial charge in [0, 0.05) is 43.2 Å². The fraction of sp³-hybridized carbons (Fsp3) is 0.450. The molecule has 3 fully saturated rings. The van der Waals surface area contributed by atoms with Gasteiger partial charge in [0.15, 0.2) is 0 Å². The number of imidazole rings is 1. The lowest BCUT2D eigenvalue weighted by molar-refractivity contribution is -0.141. The Morgan fingerprint density at radius 3 is 2.46 bits per heavy atom. The summed E-state index contributed by atoms with van der Waals surface area (Å²) < 4.78 is 65.1. The first kappa shape index (κ1) is 38.3. The first-order valence-corrected chi connectivity index (χ1v) is 19.2. The minimum atomic E-state index is -4.72. The van der Waals surface area contributed by atoms with Crippen LogP contribution in [0.3, 0.4) is 0 Å². The number of piperidine rings is 2. The van der Waals surface area contributed by atoms with Gasteiger partial charge in [0.25, 0.3) is 5.91 Å². The average Bonchev–Trinajstić information content (AvgIpc) is 3.71. The molecule has 1 unspecified atom stereocenters. The molecule has 0 bridgehead atoms. The van der Waals surface area contributed by atoms with E-state index in [9.17, 15) is 32.3 Å². The van der Waals surface area contributed by atoms with Gasteiger partial charge in [0.2, 0.25) is 11.8 Å². The van der Waals surface area contributed by atoms with Gasteiger partial charge in [0.1, 0.15) is 29.0 Å². The number of likely N-dealkylation sites (tertiary alicyclic amines) is 1. The molecule has 0 spiro atoms. The van der Waals surface area contributed by atoms with E-state index in [4.69, 9.17) is 4.74 Å². The summed E-state index contributed by atoms with van der Waals surface area (Å²) in [6, 6.07) is 8.64. The molecule has 57 heavy (non-hydrogen) atoms. The number of aryl methyl sites for hydroxylation is 1. The summed E-state index contributed by atoms with van der Waals surface area (Å²) in [4.78, 5) is 56.7. The maximum atomic E-state index is 15.0. The van der Waals surface area contributed by atoms with Crippen LogP contribution in [-0.2, 0) is 22.8 Å². The molecule has 8 rings (SSSR count). The van der Waals surface area contributed by atoms with Gasteiger partial charge in [-0.2, -0.15) is 18.3 Å². The monoisotopic (exact) mass is 790 g/mol. The standard InChI is InChI=1S/C40H42F4N8O5/c1-49-36-30(52(39(49)56)31-11-13-34(53)47-38(31)55)10-12-32(57-2)35(36)23-14-16-50(17-15-23)20-22-6-8-25(9-7-22)51-21-24-18-29(26(41)19-28(24)48-51)46-37(54)27-4-3-5-33(45-27)40(42,43)44/h3-5,10,12,18-19,21-23,25,31H,6-9,11,13-17,20H2,1-2H3,(H,46,54)(H,47,53,55). The van der Waals surface area contributed by atoms with Crippen molar-refractivity contribution in [3.8, 4) is 5.75 Å². The maximum absolute atomic E-state index is 15.0. The fourth-order valence-corrected chi connectivity index (χ4v) is 8.90. The Bertz CT molecular complexity index is 2440. The van der Waals surface area contributed by atoms with E-state index >= 15 is 4.39 Å². The van der Waals surface area contributed by atoms with Gasteiger partial charge < -0.3 is 15.0 Å². The zero-order valence-corrected chi connectivity index (χ0v) is 31.4. The van der Waals surface area contributed by atoms with E-state index < -0.39 is 41.2 Å². The van der Waals surface area contributed by atoms with E-state index in [0.29, 0.717) is 28.1 Å². The smallest absolute Gasteiger partial charge is 0.433 e. The molecule has 5 aromatic rings. The maximum Gasteiger partial charge on any atom is 0.433 e. The third-order valence-corrected chi connectivity index (χ3v) is 11.8. The lowest BCUT2D eigenvalue weighted by atomic mass is 9.84. The van der Waals surface area contributed by atoms with Crippen LogP contribution in [0.4, 0.5) is 23.2 Å². The fourth-order valence-electron chi connectivity index (χ4n) is 8.90. The molecule has 2 saturated heterocycles. The number of imide groups is 1. The molecule has 2 aliphatic heterocycles. The number of carbonyl (C=O) groups is 3. The normalized spacial score (nSPS) is 21.3. The Morgan fingerprint density at radius 1 is 1.00 bits per heavy atom. The number of hydrogen-bond acceptors (Lipinski definition) is 8. The lowest BCUT2D eigenvalue weighted by Crippen LogP contribution is -2.44. The molecule has 3 aromatic heterocycles. The molecule has 1 aliphatic carbocycles. The highest BCUT2D eigenvalue weighted by molar-refractivity contribution is 6.04. The molecule has 17 heteroatoms. The number of pyridine rings is 1. The van der Waals surface area contributed by atoms with Crippen molar-refractivity contribution in [1.29, 1.82) is 0 Å². The number of aromatic nitrogens is 5. The van der Waals surface area contributed by atoms with Crippen LogP contribution in [0.5, 0.6) is 5.75 Å². The van der Waals surface area contributed by atoms with Crippen molar-refractivity contribution in [2.45, 2.75) is 75.5 Å². The van der Waals surface area contributed by atoms with Crippen molar-refractivity contribution >= 4 is 45.3 Å². The predicted molar refractivity (Wildman–Crippen MR) is 201 cm³/mol. The summed E-state index contributed by atoms with van der Waals surface area (Å²) in [5.41, 5.74) is 0.608. The van der Waals surface area contributed by atoms with Crippen LogP contribution in [0.2, 0.25) is 0 Å². The number of nitrogens with zero attached hydrogens (tertiary/aromatic N) is 6. The van der Waals surface area contributed by atoms with Gasteiger partial charge in [-0.25, -0.2) is 14.2 Å². The molecular weight excluding hydrogens is 748 g/mol. The van der Waals surface area contributed by atoms with Crippen LogP contribution in [0, 0.1) is 11.7 Å². The largest absolute Gasteiger partial charge is 0.496 e. The van der Waals surface area contributed by atoms with Gasteiger partial charge in [-0.3, -0.25) is 33.5 Å². The van der Waals surface area contributed by atoms with Crippen LogP contribution < -0.4 is 21.1 Å². The van der Waals surface area contributed by atoms with E-state index in [1.807, 2.05) is 23.0 Å². The molecule has 1 saturated carbocycles. The Morgan fingerprint density at radius 2 is 1.75 bits per heavy atom. The number of carbonyl (C=O) groups excluding carboxylic acids is 3. The number of methoxy groups -OCH3 is 1. The van der Waals surface area contributed by atoms with Gasteiger partial charge in [-0.15, -0.1) is 0 Å². The Balaban J connectivity index is 0.889. The second-order valence-corrected chi connectivity index (χ2v) is 15.3. The Kier molecular flexibility index (Phi) is 10.1. The number of fused-ring (bicyclic) bond motifs is 2. The number of nitrogens with one attached hydrogen (secondary N) is 2. The molecule has 1 atom stereocenters. The van der Waals surface area contributed by atoms with Crippen LogP contribution >= 0.6 is 0 Å². The van der Waals surface area contributed by atoms with Gasteiger partial charge in [-0.1, -0.05) is 6.07 Å². The molecule has 300 valence electrons. The molecule has 13 nitrogen and oxygen atoms in total. The zero-order valence-electron chi connectivity index (χ0n) is 31.4. The number of anilines is 1. The van der Waals surface area contributed by atoms with Crippen molar-refractivity contribution in [3.63, 3.8) is 0 Å².